The molecule has 27 heavy (non-hydrogen) atoms. The average molecular weight is 486 g/mol. The molecule has 2 aliphatic rings. The minimum Gasteiger partial charge on any atom is -0.385 e. The predicted octanol–water partition coefficient (Wildman–Crippen LogP) is 3.10. The van der Waals surface area contributed by atoms with E-state index in [0.717, 1.165) is 31.2 Å². The zero-order valence-corrected chi connectivity index (χ0v) is 18.5. The van der Waals surface area contributed by atoms with Crippen molar-refractivity contribution < 1.29 is 9.53 Å². The molecule has 0 radical (unpaired) electrons. The van der Waals surface area contributed by atoms with Crippen molar-refractivity contribution in [2.75, 3.05) is 39.2 Å². The molecule has 1 aromatic rings. The van der Waals surface area contributed by atoms with Gasteiger partial charge in [-0.25, -0.2) is 0 Å². The third-order valence-electron chi connectivity index (χ3n) is 5.73. The normalized spacial score (nSPS) is 20.6. The van der Waals surface area contributed by atoms with Crippen LogP contribution in [0.2, 0.25) is 0 Å². The zero-order chi connectivity index (χ0) is 18.4. The number of rotatable bonds is 7. The van der Waals surface area contributed by atoms with E-state index in [9.17, 15) is 4.79 Å². The van der Waals surface area contributed by atoms with Crippen molar-refractivity contribution in [3.63, 3.8) is 0 Å². The predicted molar refractivity (Wildman–Crippen MR) is 120 cm³/mol. The summed E-state index contributed by atoms with van der Waals surface area (Å²) in [5, 5.41) is 9.83. The molecule has 1 saturated carbocycles. The van der Waals surface area contributed by atoms with Gasteiger partial charge in [0.1, 0.15) is 0 Å². The van der Waals surface area contributed by atoms with Crippen LogP contribution in [-0.4, -0.2) is 45.7 Å². The molecule has 1 fully saturated rings. The van der Waals surface area contributed by atoms with Gasteiger partial charge in [-0.1, -0.05) is 24.6 Å². The van der Waals surface area contributed by atoms with E-state index in [4.69, 9.17) is 4.74 Å². The third kappa shape index (κ3) is 5.57. The van der Waals surface area contributed by atoms with Gasteiger partial charge in [0.2, 0.25) is 5.91 Å². The highest BCUT2D eigenvalue weighted by molar-refractivity contribution is 14.0. The maximum absolute atomic E-state index is 12.0. The fourth-order valence-electron chi connectivity index (χ4n) is 3.91. The smallest absolute Gasteiger partial charge is 0.225 e. The van der Waals surface area contributed by atoms with Crippen molar-refractivity contribution in [2.24, 2.45) is 10.4 Å². The van der Waals surface area contributed by atoms with Gasteiger partial charge in [0, 0.05) is 51.9 Å². The van der Waals surface area contributed by atoms with Gasteiger partial charge in [-0.3, -0.25) is 9.79 Å². The zero-order valence-electron chi connectivity index (χ0n) is 16.2. The van der Waals surface area contributed by atoms with E-state index in [1.54, 1.807) is 14.2 Å². The Hall–Kier alpha value is -1.35. The highest BCUT2D eigenvalue weighted by atomic mass is 127. The average Bonchev–Trinajstić information content (AvgIpc) is 2.62. The van der Waals surface area contributed by atoms with Gasteiger partial charge < -0.3 is 20.7 Å². The maximum Gasteiger partial charge on any atom is 0.225 e. The largest absolute Gasteiger partial charge is 0.385 e. The molecule has 1 aliphatic heterocycles. The lowest BCUT2D eigenvalue weighted by Gasteiger charge is -2.42. The molecule has 0 spiro atoms. The lowest BCUT2D eigenvalue weighted by molar-refractivity contribution is -0.116. The van der Waals surface area contributed by atoms with Gasteiger partial charge in [0.15, 0.2) is 5.96 Å². The highest BCUT2D eigenvalue weighted by Gasteiger charge is 2.36. The number of para-hydroxylation sites is 1. The Morgan fingerprint density at radius 3 is 2.78 bits per heavy atom. The molecule has 0 bridgehead atoms. The van der Waals surface area contributed by atoms with Crippen LogP contribution in [0.5, 0.6) is 0 Å². The summed E-state index contributed by atoms with van der Waals surface area (Å²) >= 11 is 0. The molecular weight excluding hydrogens is 455 g/mol. The molecule has 3 N–H and O–H groups in total. The molecule has 3 rings (SSSR count). The molecule has 1 aromatic carbocycles. The van der Waals surface area contributed by atoms with E-state index in [2.05, 4.69) is 27.0 Å². The van der Waals surface area contributed by atoms with Crippen LogP contribution in [0.4, 0.5) is 5.69 Å². The Balaban J connectivity index is 0.00000261. The first-order valence-corrected chi connectivity index (χ1v) is 9.48. The molecule has 0 saturated heterocycles. The quantitative estimate of drug-likeness (QED) is 0.315. The topological polar surface area (TPSA) is 74.8 Å². The second kappa shape index (κ2) is 10.3. The Morgan fingerprint density at radius 2 is 2.11 bits per heavy atom. The number of fused-ring (bicyclic) bond motifs is 1. The first kappa shape index (κ1) is 21.9. The van der Waals surface area contributed by atoms with Crippen molar-refractivity contribution in [3.8, 4) is 0 Å². The Labute approximate surface area is 178 Å². The molecule has 1 amide bonds. The highest BCUT2D eigenvalue weighted by Crippen LogP contribution is 2.43. The molecule has 0 aromatic heterocycles. The summed E-state index contributed by atoms with van der Waals surface area (Å²) < 4.78 is 5.27. The fourth-order valence-corrected chi connectivity index (χ4v) is 3.91. The number of hydrogen-bond acceptors (Lipinski definition) is 3. The third-order valence-corrected chi connectivity index (χ3v) is 5.73. The van der Waals surface area contributed by atoms with Crippen molar-refractivity contribution in [2.45, 2.75) is 38.0 Å². The van der Waals surface area contributed by atoms with Gasteiger partial charge in [0.25, 0.3) is 0 Å². The van der Waals surface area contributed by atoms with E-state index < -0.39 is 0 Å². The first-order chi connectivity index (χ1) is 12.7. The standard InChI is InChI=1S/C20H30N4O2.HI/c1-21-19(23-14-20(8-5-9-20)10-11-26-2)22-13-15-12-18(25)24-17-7-4-3-6-16(15)17;/h3-4,6-7,15H,5,8-14H2,1-2H3,(H,24,25)(H2,21,22,23);1H. The number of carbonyl (C=O) groups is 1. The molecule has 7 heteroatoms. The van der Waals surface area contributed by atoms with Crippen molar-refractivity contribution in [1.82, 2.24) is 10.6 Å². The van der Waals surface area contributed by atoms with Crippen LogP contribution in [0.15, 0.2) is 29.3 Å². The number of guanidine groups is 1. The summed E-state index contributed by atoms with van der Waals surface area (Å²) in [6, 6.07) is 8.02. The Kier molecular flexibility index (Phi) is 8.34. The molecule has 1 unspecified atom stereocenters. The Morgan fingerprint density at radius 1 is 1.33 bits per heavy atom. The number of hydrogen-bond donors (Lipinski definition) is 3. The summed E-state index contributed by atoms with van der Waals surface area (Å²) in [4.78, 5) is 16.3. The molecule has 1 atom stereocenters. The van der Waals surface area contributed by atoms with E-state index in [-0.39, 0.29) is 35.8 Å². The number of ether oxygens (including phenoxy) is 1. The van der Waals surface area contributed by atoms with E-state index in [1.807, 2.05) is 18.2 Å². The van der Waals surface area contributed by atoms with Crippen LogP contribution in [0, 0.1) is 5.41 Å². The van der Waals surface area contributed by atoms with Crippen LogP contribution in [0.1, 0.15) is 43.6 Å². The Bertz CT molecular complexity index is 661. The van der Waals surface area contributed by atoms with E-state index in [1.165, 1.54) is 24.8 Å². The maximum atomic E-state index is 12.0. The van der Waals surface area contributed by atoms with Crippen molar-refractivity contribution in [3.05, 3.63) is 29.8 Å². The van der Waals surface area contributed by atoms with Crippen LogP contribution in [0.3, 0.4) is 0 Å². The number of nitrogens with zero attached hydrogens (tertiary/aromatic N) is 1. The van der Waals surface area contributed by atoms with Crippen molar-refractivity contribution >= 4 is 41.5 Å². The van der Waals surface area contributed by atoms with Gasteiger partial charge in [-0.15, -0.1) is 24.0 Å². The number of benzene rings is 1. The van der Waals surface area contributed by atoms with Gasteiger partial charge in [-0.05, 0) is 36.3 Å². The van der Waals surface area contributed by atoms with Gasteiger partial charge in [-0.2, -0.15) is 0 Å². The second-order valence-corrected chi connectivity index (χ2v) is 7.44. The lowest BCUT2D eigenvalue weighted by Crippen LogP contribution is -2.47. The van der Waals surface area contributed by atoms with Gasteiger partial charge >= 0.3 is 0 Å². The number of carbonyl (C=O) groups excluding carboxylic acids is 1. The number of aliphatic imine (C=N–C) groups is 1. The monoisotopic (exact) mass is 486 g/mol. The summed E-state index contributed by atoms with van der Waals surface area (Å²) in [6.07, 6.45) is 5.38. The van der Waals surface area contributed by atoms with Crippen LogP contribution >= 0.6 is 24.0 Å². The number of halogens is 1. The number of amides is 1. The molecular formula is C20H31IN4O2. The van der Waals surface area contributed by atoms with Crippen molar-refractivity contribution in [1.29, 1.82) is 0 Å². The van der Waals surface area contributed by atoms with Gasteiger partial charge in [0.05, 0.1) is 0 Å². The number of anilines is 1. The minimum atomic E-state index is 0. The molecule has 1 heterocycles. The second-order valence-electron chi connectivity index (χ2n) is 7.44. The minimum absolute atomic E-state index is 0. The van der Waals surface area contributed by atoms with Crippen LogP contribution < -0.4 is 16.0 Å². The SMILES string of the molecule is CN=C(NCC1CC(=O)Nc2ccccc21)NCC1(CCOC)CCC1.I. The van der Waals surface area contributed by atoms with E-state index >= 15 is 0 Å². The molecule has 1 aliphatic carbocycles. The lowest BCUT2D eigenvalue weighted by atomic mass is 9.67. The number of nitrogens with one attached hydrogen (secondary N) is 3. The summed E-state index contributed by atoms with van der Waals surface area (Å²) in [5.74, 6) is 1.04. The summed E-state index contributed by atoms with van der Waals surface area (Å²) in [5.41, 5.74) is 2.45. The summed E-state index contributed by atoms with van der Waals surface area (Å²) in [7, 11) is 3.55. The molecule has 6 nitrogen and oxygen atoms in total. The van der Waals surface area contributed by atoms with Crippen LogP contribution in [0.25, 0.3) is 0 Å². The van der Waals surface area contributed by atoms with Crippen LogP contribution in [-0.2, 0) is 9.53 Å². The first-order valence-electron chi connectivity index (χ1n) is 9.48. The van der Waals surface area contributed by atoms with E-state index in [0.29, 0.717) is 18.4 Å². The summed E-state index contributed by atoms with van der Waals surface area (Å²) in [6.45, 7) is 2.41. The number of methoxy groups -OCH3 is 1. The fraction of sp³-hybridized carbons (Fsp3) is 0.600. The molecule has 150 valence electrons.